The number of anilines is 2. The van der Waals surface area contributed by atoms with Gasteiger partial charge in [0.2, 0.25) is 0 Å². The number of hydrogen-bond donors (Lipinski definition) is 1. The molecule has 1 N–H and O–H groups in total. The molecule has 6 rings (SSSR count). The van der Waals surface area contributed by atoms with Crippen LogP contribution >= 0.6 is 0 Å². The molecule has 0 saturated carbocycles. The number of ether oxygens (including phenoxy) is 2. The van der Waals surface area contributed by atoms with Crippen LogP contribution < -0.4 is 10.1 Å². The van der Waals surface area contributed by atoms with E-state index in [0.29, 0.717) is 47.1 Å². The van der Waals surface area contributed by atoms with E-state index >= 15 is 0 Å². The number of carbonyl (C=O) groups is 1. The highest BCUT2D eigenvalue weighted by molar-refractivity contribution is 5.88. The summed E-state index contributed by atoms with van der Waals surface area (Å²) in [6.07, 6.45) is 7.33. The average Bonchev–Trinajstić information content (AvgIpc) is 3.41. The molecule has 1 aliphatic heterocycles. The number of carbonyl (C=O) groups excluding carboxylic acids is 1. The minimum absolute atomic E-state index is 0.323. The van der Waals surface area contributed by atoms with Gasteiger partial charge in [-0.1, -0.05) is 6.08 Å². The summed E-state index contributed by atoms with van der Waals surface area (Å²) in [5, 5.41) is 7.44. The number of amides is 1. The molecule has 0 aliphatic carbocycles. The molecule has 1 aromatic carbocycles. The monoisotopic (exact) mass is 536 g/mol. The summed E-state index contributed by atoms with van der Waals surface area (Å²) < 4.78 is 13.2. The molecule has 0 spiro atoms. The van der Waals surface area contributed by atoms with Gasteiger partial charge in [0.25, 0.3) is 0 Å². The van der Waals surface area contributed by atoms with Crippen LogP contribution in [0.3, 0.4) is 0 Å². The Morgan fingerprint density at radius 3 is 2.65 bits per heavy atom. The normalized spacial score (nSPS) is 13.8. The van der Waals surface area contributed by atoms with Gasteiger partial charge in [0, 0.05) is 24.5 Å². The van der Waals surface area contributed by atoms with Crippen LogP contribution in [0.15, 0.2) is 73.5 Å². The lowest BCUT2D eigenvalue weighted by atomic mass is 10.1. The maximum absolute atomic E-state index is 12.6. The molecule has 202 valence electrons. The fraction of sp³-hybridized carbons (Fsp3) is 0.241. The standard InChI is InChI=1S/C29H28N8O3/c1-29(2,3)40-28(38)36-13-4-5-19(16-36)23-10-11-24-26(35-23)27(32-17-30-24)34-20-6-8-21(9-7-20)39-22-12-14-37-25(15-22)31-18-33-37/h5-12,14-15,17-18H,4,13,16H2,1-3H3,(H,30,32,34). The molecule has 40 heavy (non-hydrogen) atoms. The number of pyridine rings is 2. The minimum Gasteiger partial charge on any atom is -0.457 e. The molecular formula is C29H28N8O3. The summed E-state index contributed by atoms with van der Waals surface area (Å²) in [4.78, 5) is 32.3. The van der Waals surface area contributed by atoms with E-state index in [1.54, 1.807) is 15.6 Å². The van der Waals surface area contributed by atoms with Gasteiger partial charge in [0.15, 0.2) is 11.5 Å². The van der Waals surface area contributed by atoms with E-state index in [4.69, 9.17) is 14.5 Å². The fourth-order valence-corrected chi connectivity index (χ4v) is 4.36. The minimum atomic E-state index is -0.547. The second-order valence-electron chi connectivity index (χ2n) is 10.4. The molecule has 0 atom stereocenters. The van der Waals surface area contributed by atoms with Gasteiger partial charge in [0.1, 0.15) is 35.3 Å². The molecule has 11 nitrogen and oxygen atoms in total. The van der Waals surface area contributed by atoms with Crippen LogP contribution in [0.1, 0.15) is 32.9 Å². The van der Waals surface area contributed by atoms with Crippen molar-refractivity contribution in [1.82, 2.24) is 34.4 Å². The Balaban J connectivity index is 1.19. The molecule has 5 heterocycles. The highest BCUT2D eigenvalue weighted by atomic mass is 16.6. The van der Waals surface area contributed by atoms with Crippen molar-refractivity contribution >= 4 is 39.9 Å². The summed E-state index contributed by atoms with van der Waals surface area (Å²) in [7, 11) is 0. The van der Waals surface area contributed by atoms with Gasteiger partial charge in [-0.15, -0.1) is 0 Å². The highest BCUT2D eigenvalue weighted by Crippen LogP contribution is 2.28. The van der Waals surface area contributed by atoms with Crippen molar-refractivity contribution in [2.24, 2.45) is 0 Å². The van der Waals surface area contributed by atoms with Crippen molar-refractivity contribution in [3.63, 3.8) is 0 Å². The highest BCUT2D eigenvalue weighted by Gasteiger charge is 2.25. The van der Waals surface area contributed by atoms with Crippen LogP contribution in [0.25, 0.3) is 22.3 Å². The lowest BCUT2D eigenvalue weighted by molar-refractivity contribution is 0.0273. The lowest BCUT2D eigenvalue weighted by Crippen LogP contribution is -2.39. The largest absolute Gasteiger partial charge is 0.457 e. The Morgan fingerprint density at radius 2 is 1.82 bits per heavy atom. The predicted octanol–water partition coefficient (Wildman–Crippen LogP) is 5.63. The number of hydrogen-bond acceptors (Lipinski definition) is 9. The Labute approximate surface area is 230 Å². The lowest BCUT2D eigenvalue weighted by Gasteiger charge is -2.30. The molecule has 0 bridgehead atoms. The van der Waals surface area contributed by atoms with E-state index in [1.807, 2.05) is 69.3 Å². The smallest absolute Gasteiger partial charge is 0.410 e. The van der Waals surface area contributed by atoms with Gasteiger partial charge in [0.05, 0.1) is 17.8 Å². The molecule has 11 heteroatoms. The number of fused-ring (bicyclic) bond motifs is 2. The summed E-state index contributed by atoms with van der Waals surface area (Å²) >= 11 is 0. The molecular weight excluding hydrogens is 508 g/mol. The molecule has 0 fully saturated rings. The Hall–Kier alpha value is -5.06. The summed E-state index contributed by atoms with van der Waals surface area (Å²) in [5.74, 6) is 1.93. The topological polar surface area (TPSA) is 120 Å². The number of nitrogens with one attached hydrogen (secondary N) is 1. The van der Waals surface area contributed by atoms with Crippen LogP contribution in [0, 0.1) is 0 Å². The first-order valence-electron chi connectivity index (χ1n) is 12.9. The zero-order valence-corrected chi connectivity index (χ0v) is 22.4. The molecule has 0 radical (unpaired) electrons. The van der Waals surface area contributed by atoms with Gasteiger partial charge in [-0.05, 0) is 75.2 Å². The van der Waals surface area contributed by atoms with Crippen LogP contribution in [0.2, 0.25) is 0 Å². The van der Waals surface area contributed by atoms with E-state index in [-0.39, 0.29) is 6.09 Å². The molecule has 0 unspecified atom stereocenters. The van der Waals surface area contributed by atoms with E-state index in [9.17, 15) is 4.79 Å². The second kappa shape index (κ2) is 10.3. The van der Waals surface area contributed by atoms with Crippen LogP contribution in [-0.4, -0.2) is 59.2 Å². The quantitative estimate of drug-likeness (QED) is 0.305. The van der Waals surface area contributed by atoms with Gasteiger partial charge in [-0.3, -0.25) is 0 Å². The van der Waals surface area contributed by atoms with E-state index in [0.717, 1.165) is 23.4 Å². The first-order valence-corrected chi connectivity index (χ1v) is 12.9. The SMILES string of the molecule is CC(C)(C)OC(=O)N1CCC=C(c2ccc3ncnc(Nc4ccc(Oc5ccn6ncnc6c5)cc4)c3n2)C1. The second-order valence-corrected chi connectivity index (χ2v) is 10.4. The van der Waals surface area contributed by atoms with Gasteiger partial charge < -0.3 is 19.7 Å². The van der Waals surface area contributed by atoms with Gasteiger partial charge >= 0.3 is 6.09 Å². The third-order valence-electron chi connectivity index (χ3n) is 6.22. The van der Waals surface area contributed by atoms with Crippen molar-refractivity contribution in [2.45, 2.75) is 32.8 Å². The number of nitrogens with zero attached hydrogens (tertiary/aromatic N) is 7. The summed E-state index contributed by atoms with van der Waals surface area (Å²) in [6.45, 7) is 6.63. The molecule has 1 aliphatic rings. The zero-order valence-electron chi connectivity index (χ0n) is 22.4. The predicted molar refractivity (Wildman–Crippen MR) is 151 cm³/mol. The third-order valence-corrected chi connectivity index (χ3v) is 6.22. The maximum Gasteiger partial charge on any atom is 0.410 e. The third kappa shape index (κ3) is 5.53. The van der Waals surface area contributed by atoms with Crippen molar-refractivity contribution in [3.8, 4) is 11.5 Å². The van der Waals surface area contributed by atoms with Gasteiger partial charge in [-0.25, -0.2) is 29.2 Å². The summed E-state index contributed by atoms with van der Waals surface area (Å²) in [5.41, 5.74) is 4.06. The van der Waals surface area contributed by atoms with E-state index < -0.39 is 5.60 Å². The Morgan fingerprint density at radius 1 is 0.975 bits per heavy atom. The molecule has 4 aromatic heterocycles. The number of benzene rings is 1. The summed E-state index contributed by atoms with van der Waals surface area (Å²) in [6, 6.07) is 15.1. The zero-order chi connectivity index (χ0) is 27.7. The fourth-order valence-electron chi connectivity index (χ4n) is 4.36. The number of rotatable bonds is 5. The van der Waals surface area contributed by atoms with E-state index in [1.165, 1.54) is 12.7 Å². The molecule has 0 saturated heterocycles. The van der Waals surface area contributed by atoms with Crippen LogP contribution in [0.5, 0.6) is 11.5 Å². The molecule has 5 aromatic rings. The van der Waals surface area contributed by atoms with Crippen LogP contribution in [-0.2, 0) is 4.74 Å². The van der Waals surface area contributed by atoms with Crippen molar-refractivity contribution < 1.29 is 14.3 Å². The average molecular weight is 537 g/mol. The molecule has 1 amide bonds. The first kappa shape index (κ1) is 25.2. The Bertz CT molecular complexity index is 1720. The Kier molecular flexibility index (Phi) is 6.47. The maximum atomic E-state index is 12.6. The first-order chi connectivity index (χ1) is 19.3. The van der Waals surface area contributed by atoms with E-state index in [2.05, 4.69) is 31.4 Å². The van der Waals surface area contributed by atoms with Gasteiger partial charge in [-0.2, -0.15) is 5.10 Å². The van der Waals surface area contributed by atoms with Crippen molar-refractivity contribution in [1.29, 1.82) is 0 Å². The van der Waals surface area contributed by atoms with Crippen molar-refractivity contribution in [2.75, 3.05) is 18.4 Å². The number of aromatic nitrogens is 6. The van der Waals surface area contributed by atoms with Crippen LogP contribution in [0.4, 0.5) is 16.3 Å². The van der Waals surface area contributed by atoms with Crippen molar-refractivity contribution in [3.05, 3.63) is 79.2 Å².